The number of nitrogens with zero attached hydrogens (tertiary/aromatic N) is 1. The molecular formula is C18H30N2. The third-order valence-electron chi connectivity index (χ3n) is 4.59. The van der Waals surface area contributed by atoms with E-state index >= 15 is 0 Å². The molecule has 2 heteroatoms. The van der Waals surface area contributed by atoms with Crippen LogP contribution in [0.3, 0.4) is 0 Å². The van der Waals surface area contributed by atoms with Crippen molar-refractivity contribution in [2.24, 2.45) is 5.92 Å². The summed E-state index contributed by atoms with van der Waals surface area (Å²) in [5.41, 5.74) is 2.91. The molecule has 20 heavy (non-hydrogen) atoms. The van der Waals surface area contributed by atoms with Gasteiger partial charge in [0.15, 0.2) is 0 Å². The second kappa shape index (κ2) is 7.80. The number of benzene rings is 1. The molecule has 1 aromatic carbocycles. The highest BCUT2D eigenvalue weighted by Gasteiger charge is 2.21. The highest BCUT2D eigenvalue weighted by molar-refractivity contribution is 5.28. The average molecular weight is 274 g/mol. The fourth-order valence-electron chi connectivity index (χ4n) is 3.39. The Bertz CT molecular complexity index is 396. The third kappa shape index (κ3) is 4.07. The Hall–Kier alpha value is -0.860. The topological polar surface area (TPSA) is 15.3 Å². The molecule has 0 amide bonds. The number of piperidine rings is 1. The van der Waals surface area contributed by atoms with Crippen LogP contribution in [0.2, 0.25) is 0 Å². The van der Waals surface area contributed by atoms with Crippen LogP contribution in [0.5, 0.6) is 0 Å². The van der Waals surface area contributed by atoms with Gasteiger partial charge in [0.05, 0.1) is 0 Å². The summed E-state index contributed by atoms with van der Waals surface area (Å²) < 4.78 is 0. The number of hydrogen-bond donors (Lipinski definition) is 1. The van der Waals surface area contributed by atoms with E-state index in [-0.39, 0.29) is 0 Å². The molecule has 1 N–H and O–H groups in total. The Labute approximate surface area is 124 Å². The van der Waals surface area contributed by atoms with Crippen molar-refractivity contribution in [3.05, 3.63) is 35.4 Å². The fraction of sp³-hybridized carbons (Fsp3) is 0.667. The predicted molar refractivity (Wildman–Crippen MR) is 87.1 cm³/mol. The van der Waals surface area contributed by atoms with Crippen molar-refractivity contribution in [2.45, 2.75) is 46.1 Å². The maximum Gasteiger partial charge on any atom is 0.0322 e. The molecule has 1 aliphatic rings. The summed E-state index contributed by atoms with van der Waals surface area (Å²) in [6.07, 6.45) is 3.95. The monoisotopic (exact) mass is 274 g/mol. The maximum atomic E-state index is 3.55. The van der Waals surface area contributed by atoms with Gasteiger partial charge < -0.3 is 5.32 Å². The molecular weight excluding hydrogens is 244 g/mol. The minimum absolute atomic E-state index is 0.526. The number of nitrogens with one attached hydrogen (secondary N) is 1. The lowest BCUT2D eigenvalue weighted by atomic mass is 9.96. The molecule has 0 aromatic heterocycles. The Balaban J connectivity index is 2.04. The van der Waals surface area contributed by atoms with Gasteiger partial charge in [-0.1, -0.05) is 31.2 Å². The molecule has 2 rings (SSSR count). The first-order valence-corrected chi connectivity index (χ1v) is 8.22. The largest absolute Gasteiger partial charge is 0.316 e. The van der Waals surface area contributed by atoms with E-state index in [9.17, 15) is 0 Å². The quantitative estimate of drug-likeness (QED) is 0.849. The first-order valence-electron chi connectivity index (χ1n) is 8.22. The normalized spacial score (nSPS) is 21.1. The van der Waals surface area contributed by atoms with Gasteiger partial charge in [0, 0.05) is 12.6 Å². The van der Waals surface area contributed by atoms with Crippen molar-refractivity contribution in [1.29, 1.82) is 0 Å². The van der Waals surface area contributed by atoms with Gasteiger partial charge in [0.2, 0.25) is 0 Å². The van der Waals surface area contributed by atoms with Gasteiger partial charge in [-0.15, -0.1) is 0 Å². The van der Waals surface area contributed by atoms with Crippen molar-refractivity contribution < 1.29 is 0 Å². The Morgan fingerprint density at radius 3 is 2.80 bits per heavy atom. The molecule has 0 bridgehead atoms. The molecule has 1 fully saturated rings. The van der Waals surface area contributed by atoms with Crippen molar-refractivity contribution in [2.75, 3.05) is 26.2 Å². The summed E-state index contributed by atoms with van der Waals surface area (Å²) in [5, 5.41) is 3.55. The molecule has 2 unspecified atom stereocenters. The SMILES string of the molecule is CCCN(CC1CCCNC1)C(C)c1ccccc1C. The molecule has 0 aliphatic carbocycles. The summed E-state index contributed by atoms with van der Waals surface area (Å²) in [6.45, 7) is 11.7. The summed E-state index contributed by atoms with van der Waals surface area (Å²) >= 11 is 0. The summed E-state index contributed by atoms with van der Waals surface area (Å²) in [7, 11) is 0. The number of hydrogen-bond acceptors (Lipinski definition) is 2. The van der Waals surface area contributed by atoms with Crippen LogP contribution in [-0.4, -0.2) is 31.1 Å². The van der Waals surface area contributed by atoms with Crippen LogP contribution in [0.25, 0.3) is 0 Å². The van der Waals surface area contributed by atoms with Crippen LogP contribution >= 0.6 is 0 Å². The fourth-order valence-corrected chi connectivity index (χ4v) is 3.39. The Morgan fingerprint density at radius 1 is 1.35 bits per heavy atom. The predicted octanol–water partition coefficient (Wildman–Crippen LogP) is 3.77. The maximum absolute atomic E-state index is 3.55. The molecule has 1 aliphatic heterocycles. The minimum Gasteiger partial charge on any atom is -0.316 e. The molecule has 0 spiro atoms. The number of aryl methyl sites for hydroxylation is 1. The smallest absolute Gasteiger partial charge is 0.0322 e. The lowest BCUT2D eigenvalue weighted by molar-refractivity contribution is 0.162. The molecule has 0 radical (unpaired) electrons. The van der Waals surface area contributed by atoms with Gasteiger partial charge in [0.1, 0.15) is 0 Å². The van der Waals surface area contributed by atoms with Crippen LogP contribution in [0.4, 0.5) is 0 Å². The van der Waals surface area contributed by atoms with Crippen LogP contribution in [0.15, 0.2) is 24.3 Å². The van der Waals surface area contributed by atoms with Crippen LogP contribution < -0.4 is 5.32 Å². The van der Waals surface area contributed by atoms with Gasteiger partial charge in [-0.05, 0) is 69.8 Å². The zero-order valence-corrected chi connectivity index (χ0v) is 13.4. The number of rotatable bonds is 6. The standard InChI is InChI=1S/C18H30N2/c1-4-12-20(14-17-9-7-11-19-13-17)16(3)18-10-6-5-8-15(18)2/h5-6,8,10,16-17,19H,4,7,9,11-14H2,1-3H3. The van der Waals surface area contributed by atoms with Gasteiger partial charge >= 0.3 is 0 Å². The van der Waals surface area contributed by atoms with Crippen molar-refractivity contribution in [3.63, 3.8) is 0 Å². The molecule has 112 valence electrons. The lowest BCUT2D eigenvalue weighted by Crippen LogP contribution is -2.39. The van der Waals surface area contributed by atoms with Crippen LogP contribution in [0, 0.1) is 12.8 Å². The van der Waals surface area contributed by atoms with E-state index in [1.54, 1.807) is 0 Å². The molecule has 1 saturated heterocycles. The first kappa shape index (κ1) is 15.5. The highest BCUT2D eigenvalue weighted by atomic mass is 15.2. The molecule has 1 heterocycles. The van der Waals surface area contributed by atoms with E-state index in [4.69, 9.17) is 0 Å². The first-order chi connectivity index (χ1) is 9.72. The minimum atomic E-state index is 0.526. The van der Waals surface area contributed by atoms with Gasteiger partial charge in [-0.3, -0.25) is 4.90 Å². The van der Waals surface area contributed by atoms with E-state index in [1.807, 2.05) is 0 Å². The van der Waals surface area contributed by atoms with E-state index in [0.717, 1.165) is 5.92 Å². The third-order valence-corrected chi connectivity index (χ3v) is 4.59. The lowest BCUT2D eigenvalue weighted by Gasteiger charge is -2.35. The van der Waals surface area contributed by atoms with Crippen molar-refractivity contribution in [1.82, 2.24) is 10.2 Å². The zero-order valence-electron chi connectivity index (χ0n) is 13.4. The van der Waals surface area contributed by atoms with Gasteiger partial charge in [-0.25, -0.2) is 0 Å². The van der Waals surface area contributed by atoms with Crippen molar-refractivity contribution >= 4 is 0 Å². The second-order valence-corrected chi connectivity index (χ2v) is 6.24. The summed E-state index contributed by atoms with van der Waals surface area (Å²) in [5.74, 6) is 0.821. The highest BCUT2D eigenvalue weighted by Crippen LogP contribution is 2.25. The molecule has 1 aromatic rings. The molecule has 2 nitrogen and oxygen atoms in total. The average Bonchev–Trinajstić information content (AvgIpc) is 2.48. The molecule has 0 saturated carbocycles. The van der Waals surface area contributed by atoms with E-state index < -0.39 is 0 Å². The van der Waals surface area contributed by atoms with Crippen LogP contribution in [-0.2, 0) is 0 Å². The van der Waals surface area contributed by atoms with Crippen LogP contribution in [0.1, 0.15) is 50.3 Å². The van der Waals surface area contributed by atoms with E-state index in [0.29, 0.717) is 6.04 Å². The van der Waals surface area contributed by atoms with E-state index in [2.05, 4.69) is 55.3 Å². The second-order valence-electron chi connectivity index (χ2n) is 6.24. The van der Waals surface area contributed by atoms with E-state index in [1.165, 1.54) is 56.6 Å². The van der Waals surface area contributed by atoms with Gasteiger partial charge in [0.25, 0.3) is 0 Å². The summed E-state index contributed by atoms with van der Waals surface area (Å²) in [4.78, 5) is 2.68. The molecule has 2 atom stereocenters. The zero-order chi connectivity index (χ0) is 14.4. The Morgan fingerprint density at radius 2 is 2.15 bits per heavy atom. The van der Waals surface area contributed by atoms with Gasteiger partial charge in [-0.2, -0.15) is 0 Å². The Kier molecular flexibility index (Phi) is 6.06. The summed E-state index contributed by atoms with van der Waals surface area (Å²) in [6, 6.07) is 9.37. The van der Waals surface area contributed by atoms with Crippen molar-refractivity contribution in [3.8, 4) is 0 Å².